The summed E-state index contributed by atoms with van der Waals surface area (Å²) in [7, 11) is 0. The molecule has 0 aromatic heterocycles. The molecule has 0 fully saturated rings. The van der Waals surface area contributed by atoms with Crippen molar-refractivity contribution in [1.82, 2.24) is 0 Å². The highest BCUT2D eigenvalue weighted by Crippen LogP contribution is 2.37. The van der Waals surface area contributed by atoms with Gasteiger partial charge in [-0.05, 0) is 18.4 Å². The van der Waals surface area contributed by atoms with Gasteiger partial charge in [-0.3, -0.25) is 0 Å². The van der Waals surface area contributed by atoms with Crippen LogP contribution in [0.5, 0.6) is 0 Å². The highest BCUT2D eigenvalue weighted by Gasteiger charge is 2.21. The first kappa shape index (κ1) is 12.1. The van der Waals surface area contributed by atoms with E-state index in [0.29, 0.717) is 5.56 Å². The van der Waals surface area contributed by atoms with Crippen LogP contribution in [0.15, 0.2) is 24.3 Å². The molecule has 14 heavy (non-hydrogen) atoms. The Kier molecular flexibility index (Phi) is 4.52. The van der Waals surface area contributed by atoms with Crippen LogP contribution in [0.25, 0.3) is 0 Å². The molecule has 0 spiro atoms. The molecule has 0 unspecified atom stereocenters. The van der Waals surface area contributed by atoms with Crippen LogP contribution < -0.4 is 0 Å². The van der Waals surface area contributed by atoms with Crippen molar-refractivity contribution in [2.75, 3.05) is 6.61 Å². The third kappa shape index (κ3) is 3.66. The molecule has 1 N–H and O–H groups in total. The minimum absolute atomic E-state index is 0.201. The topological polar surface area (TPSA) is 20.2 Å². The first-order valence-electron chi connectivity index (χ1n) is 4.31. The summed E-state index contributed by atoms with van der Waals surface area (Å²) in [5.74, 6) is 0. The van der Waals surface area contributed by atoms with Gasteiger partial charge in [0.05, 0.1) is 0 Å². The van der Waals surface area contributed by atoms with E-state index in [9.17, 15) is 0 Å². The zero-order chi connectivity index (χ0) is 10.6. The number of halogens is 3. The molecule has 1 aromatic rings. The molecule has 0 saturated heterocycles. The van der Waals surface area contributed by atoms with Gasteiger partial charge in [0.25, 0.3) is 0 Å². The smallest absolute Gasteiger partial charge is 0.216 e. The van der Waals surface area contributed by atoms with Crippen molar-refractivity contribution in [3.63, 3.8) is 0 Å². The SMILES string of the molecule is OCCCc1ccc(C(Cl)(Cl)Cl)cc1. The number of aryl methyl sites for hydroxylation is 1. The fourth-order valence-corrected chi connectivity index (χ4v) is 1.52. The molecule has 0 radical (unpaired) electrons. The van der Waals surface area contributed by atoms with Gasteiger partial charge < -0.3 is 5.11 Å². The maximum Gasteiger partial charge on any atom is 0.216 e. The monoisotopic (exact) mass is 252 g/mol. The summed E-state index contributed by atoms with van der Waals surface area (Å²) >= 11 is 17.1. The minimum Gasteiger partial charge on any atom is -0.396 e. The maximum atomic E-state index is 8.65. The van der Waals surface area contributed by atoms with Gasteiger partial charge in [0.15, 0.2) is 0 Å². The minimum atomic E-state index is -1.35. The molecule has 0 saturated carbocycles. The second kappa shape index (κ2) is 5.22. The molecule has 0 heterocycles. The van der Waals surface area contributed by atoms with Gasteiger partial charge in [-0.2, -0.15) is 0 Å². The zero-order valence-electron chi connectivity index (χ0n) is 7.51. The lowest BCUT2D eigenvalue weighted by molar-refractivity contribution is 0.288. The van der Waals surface area contributed by atoms with Crippen molar-refractivity contribution in [3.8, 4) is 0 Å². The van der Waals surface area contributed by atoms with Gasteiger partial charge in [-0.25, -0.2) is 0 Å². The van der Waals surface area contributed by atoms with Crippen LogP contribution in [-0.4, -0.2) is 11.7 Å². The standard InChI is InChI=1S/C10H11Cl3O/c11-10(12,13)9-5-3-8(4-6-9)2-1-7-14/h3-6,14H,1-2,7H2. The first-order chi connectivity index (χ1) is 6.54. The van der Waals surface area contributed by atoms with Crippen molar-refractivity contribution in [3.05, 3.63) is 35.4 Å². The Hall–Kier alpha value is 0.0500. The molecule has 1 nitrogen and oxygen atoms in total. The highest BCUT2D eigenvalue weighted by atomic mass is 35.6. The Morgan fingerprint density at radius 2 is 1.64 bits per heavy atom. The number of hydrogen-bond donors (Lipinski definition) is 1. The summed E-state index contributed by atoms with van der Waals surface area (Å²) in [4.78, 5) is 0. The predicted molar refractivity (Wildman–Crippen MR) is 61.1 cm³/mol. The highest BCUT2D eigenvalue weighted by molar-refractivity contribution is 6.66. The quantitative estimate of drug-likeness (QED) is 0.818. The normalized spacial score (nSPS) is 11.7. The maximum absolute atomic E-state index is 8.65. The molecular weight excluding hydrogens is 242 g/mol. The first-order valence-corrected chi connectivity index (χ1v) is 5.44. The number of alkyl halides is 3. The third-order valence-corrected chi connectivity index (χ3v) is 2.56. The molecule has 0 atom stereocenters. The Labute approximate surface area is 98.6 Å². The average Bonchev–Trinajstić information content (AvgIpc) is 2.14. The van der Waals surface area contributed by atoms with E-state index in [1.165, 1.54) is 0 Å². The van der Waals surface area contributed by atoms with Crippen LogP contribution in [0.3, 0.4) is 0 Å². The van der Waals surface area contributed by atoms with E-state index in [1.807, 2.05) is 12.1 Å². The summed E-state index contributed by atoms with van der Waals surface area (Å²) in [5, 5.41) is 8.65. The van der Waals surface area contributed by atoms with Crippen LogP contribution in [-0.2, 0) is 10.2 Å². The second-order valence-electron chi connectivity index (χ2n) is 3.02. The van der Waals surface area contributed by atoms with Gasteiger partial charge in [0.1, 0.15) is 0 Å². The van der Waals surface area contributed by atoms with E-state index in [4.69, 9.17) is 39.9 Å². The lowest BCUT2D eigenvalue weighted by Crippen LogP contribution is -2.00. The van der Waals surface area contributed by atoms with Crippen LogP contribution >= 0.6 is 34.8 Å². The Balaban J connectivity index is 2.69. The summed E-state index contributed by atoms with van der Waals surface area (Å²) in [6.07, 6.45) is 1.60. The third-order valence-electron chi connectivity index (χ3n) is 1.90. The van der Waals surface area contributed by atoms with Crippen LogP contribution in [0.2, 0.25) is 0 Å². The number of rotatable bonds is 3. The zero-order valence-corrected chi connectivity index (χ0v) is 9.78. The Morgan fingerprint density at radius 1 is 1.07 bits per heavy atom. The fourth-order valence-electron chi connectivity index (χ4n) is 1.14. The summed E-state index contributed by atoms with van der Waals surface area (Å²) in [6, 6.07) is 7.40. The van der Waals surface area contributed by atoms with Gasteiger partial charge in [0, 0.05) is 12.2 Å². The number of aliphatic hydroxyl groups excluding tert-OH is 1. The predicted octanol–water partition coefficient (Wildman–Crippen LogP) is 3.44. The molecular formula is C10H11Cl3O. The number of aliphatic hydroxyl groups is 1. The molecule has 0 amide bonds. The molecule has 0 aliphatic carbocycles. The summed E-state index contributed by atoms with van der Waals surface area (Å²) in [5.41, 5.74) is 1.80. The molecule has 78 valence electrons. The largest absolute Gasteiger partial charge is 0.396 e. The van der Waals surface area contributed by atoms with Gasteiger partial charge in [-0.15, -0.1) is 0 Å². The van der Waals surface area contributed by atoms with Gasteiger partial charge in [0.2, 0.25) is 3.79 Å². The molecule has 0 bridgehead atoms. The summed E-state index contributed by atoms with van der Waals surface area (Å²) < 4.78 is -1.35. The fraction of sp³-hybridized carbons (Fsp3) is 0.400. The molecule has 0 aliphatic heterocycles. The van der Waals surface area contributed by atoms with Gasteiger partial charge in [-0.1, -0.05) is 59.1 Å². The van der Waals surface area contributed by atoms with E-state index in [1.54, 1.807) is 12.1 Å². The van der Waals surface area contributed by atoms with Crippen molar-refractivity contribution in [2.45, 2.75) is 16.6 Å². The van der Waals surface area contributed by atoms with Crippen LogP contribution in [0, 0.1) is 0 Å². The lowest BCUT2D eigenvalue weighted by atomic mass is 10.1. The average molecular weight is 254 g/mol. The Morgan fingerprint density at radius 3 is 2.07 bits per heavy atom. The van der Waals surface area contributed by atoms with Crippen molar-refractivity contribution < 1.29 is 5.11 Å². The molecule has 0 aliphatic rings. The Bertz CT molecular complexity index is 276. The van der Waals surface area contributed by atoms with E-state index in [2.05, 4.69) is 0 Å². The van der Waals surface area contributed by atoms with Gasteiger partial charge >= 0.3 is 0 Å². The van der Waals surface area contributed by atoms with Crippen molar-refractivity contribution in [1.29, 1.82) is 0 Å². The number of hydrogen-bond acceptors (Lipinski definition) is 1. The van der Waals surface area contributed by atoms with E-state index < -0.39 is 3.79 Å². The van der Waals surface area contributed by atoms with Crippen LogP contribution in [0.4, 0.5) is 0 Å². The van der Waals surface area contributed by atoms with Crippen LogP contribution in [0.1, 0.15) is 17.5 Å². The molecule has 4 heteroatoms. The van der Waals surface area contributed by atoms with E-state index in [0.717, 1.165) is 18.4 Å². The molecule has 1 aromatic carbocycles. The van der Waals surface area contributed by atoms with E-state index in [-0.39, 0.29) is 6.61 Å². The number of benzene rings is 1. The lowest BCUT2D eigenvalue weighted by Gasteiger charge is -2.11. The van der Waals surface area contributed by atoms with Crippen molar-refractivity contribution >= 4 is 34.8 Å². The summed E-state index contributed by atoms with van der Waals surface area (Å²) in [6.45, 7) is 0.201. The second-order valence-corrected chi connectivity index (χ2v) is 5.30. The van der Waals surface area contributed by atoms with Crippen molar-refractivity contribution in [2.24, 2.45) is 0 Å². The molecule has 1 rings (SSSR count). The van der Waals surface area contributed by atoms with E-state index >= 15 is 0 Å².